The Balaban J connectivity index is 1.83. The summed E-state index contributed by atoms with van der Waals surface area (Å²) in [6.07, 6.45) is 2.08. The first-order valence-corrected chi connectivity index (χ1v) is 7.34. The number of hydrogen-bond acceptors (Lipinski definition) is 3. The standard InChI is InChI=1S/C16H26N2O/c1-13(2)18-9-8-15(11-18)17-16(12-19)10-14-6-4-3-5-7-14/h3-7,13,15-17,19H,8-12H2,1-2H3. The number of likely N-dealkylation sites (tertiary alicyclic amines) is 1. The number of rotatable bonds is 6. The highest BCUT2D eigenvalue weighted by atomic mass is 16.3. The zero-order chi connectivity index (χ0) is 13.7. The van der Waals surface area contributed by atoms with Crippen LogP contribution in [0.3, 0.4) is 0 Å². The summed E-state index contributed by atoms with van der Waals surface area (Å²) in [7, 11) is 0. The zero-order valence-electron chi connectivity index (χ0n) is 12.0. The smallest absolute Gasteiger partial charge is 0.0587 e. The molecule has 0 amide bonds. The van der Waals surface area contributed by atoms with Crippen LogP contribution in [0, 0.1) is 0 Å². The van der Waals surface area contributed by atoms with Gasteiger partial charge < -0.3 is 10.4 Å². The van der Waals surface area contributed by atoms with Gasteiger partial charge in [-0.05, 0) is 38.8 Å². The van der Waals surface area contributed by atoms with Gasteiger partial charge in [-0.1, -0.05) is 30.3 Å². The van der Waals surface area contributed by atoms with Crippen LogP contribution in [-0.4, -0.2) is 47.8 Å². The molecule has 0 radical (unpaired) electrons. The van der Waals surface area contributed by atoms with E-state index in [1.807, 2.05) is 6.07 Å². The first-order chi connectivity index (χ1) is 9.19. The summed E-state index contributed by atoms with van der Waals surface area (Å²) < 4.78 is 0. The summed E-state index contributed by atoms with van der Waals surface area (Å²) in [6, 6.07) is 11.7. The van der Waals surface area contributed by atoms with Gasteiger partial charge in [0.25, 0.3) is 0 Å². The third-order valence-corrected chi connectivity index (χ3v) is 3.97. The van der Waals surface area contributed by atoms with Crippen molar-refractivity contribution in [2.24, 2.45) is 0 Å². The molecule has 2 unspecified atom stereocenters. The van der Waals surface area contributed by atoms with E-state index in [-0.39, 0.29) is 12.6 Å². The van der Waals surface area contributed by atoms with Crippen LogP contribution in [0.15, 0.2) is 30.3 Å². The molecule has 19 heavy (non-hydrogen) atoms. The van der Waals surface area contributed by atoms with Crippen molar-refractivity contribution >= 4 is 0 Å². The maximum Gasteiger partial charge on any atom is 0.0587 e. The molecule has 3 heteroatoms. The molecule has 1 saturated heterocycles. The summed E-state index contributed by atoms with van der Waals surface area (Å²) in [6.45, 7) is 6.96. The van der Waals surface area contributed by atoms with Crippen molar-refractivity contribution in [2.45, 2.75) is 44.8 Å². The molecule has 2 rings (SSSR count). The quantitative estimate of drug-likeness (QED) is 0.818. The van der Waals surface area contributed by atoms with Gasteiger partial charge in [-0.15, -0.1) is 0 Å². The van der Waals surface area contributed by atoms with E-state index in [1.54, 1.807) is 0 Å². The number of aliphatic hydroxyl groups excluding tert-OH is 1. The third-order valence-electron chi connectivity index (χ3n) is 3.97. The molecule has 1 aromatic carbocycles. The Hall–Kier alpha value is -0.900. The molecule has 1 aliphatic heterocycles. The molecule has 1 heterocycles. The lowest BCUT2D eigenvalue weighted by Gasteiger charge is -2.23. The van der Waals surface area contributed by atoms with Crippen LogP contribution < -0.4 is 5.32 Å². The van der Waals surface area contributed by atoms with Crippen molar-refractivity contribution in [2.75, 3.05) is 19.7 Å². The van der Waals surface area contributed by atoms with E-state index in [1.165, 1.54) is 18.5 Å². The molecular formula is C16H26N2O. The molecule has 2 atom stereocenters. The number of aliphatic hydroxyl groups is 1. The fourth-order valence-corrected chi connectivity index (χ4v) is 2.80. The van der Waals surface area contributed by atoms with Crippen molar-refractivity contribution in [3.8, 4) is 0 Å². The van der Waals surface area contributed by atoms with Crippen LogP contribution in [-0.2, 0) is 6.42 Å². The van der Waals surface area contributed by atoms with E-state index >= 15 is 0 Å². The molecule has 1 aromatic rings. The van der Waals surface area contributed by atoms with E-state index in [0.717, 1.165) is 13.0 Å². The average molecular weight is 262 g/mol. The summed E-state index contributed by atoms with van der Waals surface area (Å²) in [5, 5.41) is 13.2. The number of nitrogens with zero attached hydrogens (tertiary/aromatic N) is 1. The van der Waals surface area contributed by atoms with Crippen LogP contribution in [0.25, 0.3) is 0 Å². The van der Waals surface area contributed by atoms with E-state index in [4.69, 9.17) is 0 Å². The Morgan fingerprint density at radius 1 is 1.32 bits per heavy atom. The van der Waals surface area contributed by atoms with Gasteiger partial charge in [0.15, 0.2) is 0 Å². The number of benzene rings is 1. The predicted octanol–water partition coefficient (Wildman–Crippen LogP) is 1.66. The highest BCUT2D eigenvalue weighted by Gasteiger charge is 2.25. The molecule has 106 valence electrons. The maximum absolute atomic E-state index is 9.55. The Kier molecular flexibility index (Phi) is 5.37. The van der Waals surface area contributed by atoms with E-state index in [2.05, 4.69) is 48.3 Å². The van der Waals surface area contributed by atoms with Crippen molar-refractivity contribution in [3.05, 3.63) is 35.9 Å². The van der Waals surface area contributed by atoms with Gasteiger partial charge in [0.05, 0.1) is 6.61 Å². The lowest BCUT2D eigenvalue weighted by molar-refractivity contribution is 0.223. The van der Waals surface area contributed by atoms with Gasteiger partial charge in [-0.3, -0.25) is 4.90 Å². The Morgan fingerprint density at radius 3 is 2.63 bits per heavy atom. The normalized spacial score (nSPS) is 22.0. The largest absolute Gasteiger partial charge is 0.395 e. The van der Waals surface area contributed by atoms with Gasteiger partial charge in [-0.25, -0.2) is 0 Å². The molecule has 0 aliphatic carbocycles. The Bertz CT molecular complexity index is 366. The molecule has 1 fully saturated rings. The molecular weight excluding hydrogens is 236 g/mol. The van der Waals surface area contributed by atoms with Crippen molar-refractivity contribution in [1.29, 1.82) is 0 Å². The van der Waals surface area contributed by atoms with Crippen LogP contribution in [0.4, 0.5) is 0 Å². The van der Waals surface area contributed by atoms with Crippen LogP contribution in [0.5, 0.6) is 0 Å². The van der Waals surface area contributed by atoms with Gasteiger partial charge in [0.1, 0.15) is 0 Å². The summed E-state index contributed by atoms with van der Waals surface area (Å²) in [4.78, 5) is 2.49. The lowest BCUT2D eigenvalue weighted by atomic mass is 10.1. The van der Waals surface area contributed by atoms with Gasteiger partial charge >= 0.3 is 0 Å². The molecule has 0 spiro atoms. The monoisotopic (exact) mass is 262 g/mol. The minimum atomic E-state index is 0.166. The maximum atomic E-state index is 9.55. The Morgan fingerprint density at radius 2 is 2.05 bits per heavy atom. The van der Waals surface area contributed by atoms with Crippen LogP contribution in [0.2, 0.25) is 0 Å². The van der Waals surface area contributed by atoms with E-state index < -0.39 is 0 Å². The van der Waals surface area contributed by atoms with E-state index in [9.17, 15) is 5.11 Å². The minimum absolute atomic E-state index is 0.166. The minimum Gasteiger partial charge on any atom is -0.395 e. The molecule has 0 bridgehead atoms. The summed E-state index contributed by atoms with van der Waals surface area (Å²) in [5.41, 5.74) is 1.28. The SMILES string of the molecule is CC(C)N1CCC(NC(CO)Cc2ccccc2)C1. The molecule has 0 saturated carbocycles. The number of nitrogens with one attached hydrogen (secondary N) is 1. The van der Waals surface area contributed by atoms with Crippen molar-refractivity contribution in [3.63, 3.8) is 0 Å². The molecule has 1 aliphatic rings. The second kappa shape index (κ2) is 7.04. The van der Waals surface area contributed by atoms with Gasteiger partial charge in [0, 0.05) is 24.7 Å². The third kappa shape index (κ3) is 4.30. The Labute approximate surface area is 116 Å². The van der Waals surface area contributed by atoms with Crippen molar-refractivity contribution < 1.29 is 5.11 Å². The summed E-state index contributed by atoms with van der Waals surface area (Å²) in [5.74, 6) is 0. The second-order valence-corrected chi connectivity index (χ2v) is 5.81. The summed E-state index contributed by atoms with van der Waals surface area (Å²) >= 11 is 0. The topological polar surface area (TPSA) is 35.5 Å². The first-order valence-electron chi connectivity index (χ1n) is 7.34. The van der Waals surface area contributed by atoms with E-state index in [0.29, 0.717) is 12.1 Å². The molecule has 2 N–H and O–H groups in total. The zero-order valence-corrected chi connectivity index (χ0v) is 12.0. The second-order valence-electron chi connectivity index (χ2n) is 5.81. The highest BCUT2D eigenvalue weighted by molar-refractivity contribution is 5.16. The molecule has 3 nitrogen and oxygen atoms in total. The van der Waals surface area contributed by atoms with Gasteiger partial charge in [0.2, 0.25) is 0 Å². The molecule has 0 aromatic heterocycles. The fraction of sp³-hybridized carbons (Fsp3) is 0.625. The average Bonchev–Trinajstić information content (AvgIpc) is 2.88. The first kappa shape index (κ1) is 14.5. The van der Waals surface area contributed by atoms with Crippen molar-refractivity contribution in [1.82, 2.24) is 10.2 Å². The van der Waals surface area contributed by atoms with Crippen LogP contribution in [0.1, 0.15) is 25.8 Å². The fourth-order valence-electron chi connectivity index (χ4n) is 2.80. The predicted molar refractivity (Wildman–Crippen MR) is 79.3 cm³/mol. The van der Waals surface area contributed by atoms with Gasteiger partial charge in [-0.2, -0.15) is 0 Å². The number of hydrogen-bond donors (Lipinski definition) is 2. The highest BCUT2D eigenvalue weighted by Crippen LogP contribution is 2.13. The lowest BCUT2D eigenvalue weighted by Crippen LogP contribution is -2.43. The van der Waals surface area contributed by atoms with Crippen LogP contribution >= 0.6 is 0 Å².